The highest BCUT2D eigenvalue weighted by Gasteiger charge is 2.37. The minimum Gasteiger partial charge on any atom is -0.381 e. The molecule has 1 aliphatic carbocycles. The van der Waals surface area contributed by atoms with E-state index in [2.05, 4.69) is 24.3 Å². The molecule has 1 aliphatic heterocycles. The summed E-state index contributed by atoms with van der Waals surface area (Å²) in [6, 6.07) is 8.69. The van der Waals surface area contributed by atoms with Crippen molar-refractivity contribution in [2.24, 2.45) is 5.73 Å². The first-order chi connectivity index (χ1) is 7.80. The van der Waals surface area contributed by atoms with Crippen LogP contribution in [0, 0.1) is 0 Å². The lowest BCUT2D eigenvalue weighted by Gasteiger charge is -2.40. The predicted molar refractivity (Wildman–Crippen MR) is 64.3 cm³/mol. The second kappa shape index (κ2) is 3.86. The SMILES string of the molecule is NC1(c2ccccc2C2CCOC2)CCC1. The van der Waals surface area contributed by atoms with Crippen molar-refractivity contribution in [3.63, 3.8) is 0 Å². The van der Waals surface area contributed by atoms with Crippen molar-refractivity contribution in [2.45, 2.75) is 37.1 Å². The lowest BCUT2D eigenvalue weighted by atomic mass is 9.70. The summed E-state index contributed by atoms with van der Waals surface area (Å²) in [6.07, 6.45) is 4.69. The Hall–Kier alpha value is -0.860. The molecule has 1 aromatic rings. The van der Waals surface area contributed by atoms with Crippen LogP contribution in [-0.4, -0.2) is 13.2 Å². The summed E-state index contributed by atoms with van der Waals surface area (Å²) in [6.45, 7) is 1.77. The van der Waals surface area contributed by atoms with Crippen molar-refractivity contribution in [3.8, 4) is 0 Å². The number of nitrogens with two attached hydrogens (primary N) is 1. The van der Waals surface area contributed by atoms with Gasteiger partial charge in [0, 0.05) is 18.1 Å². The van der Waals surface area contributed by atoms with Gasteiger partial charge in [-0.2, -0.15) is 0 Å². The molecule has 2 fully saturated rings. The van der Waals surface area contributed by atoms with Gasteiger partial charge in [-0.1, -0.05) is 24.3 Å². The Labute approximate surface area is 96.8 Å². The normalized spacial score (nSPS) is 27.7. The average molecular weight is 217 g/mol. The summed E-state index contributed by atoms with van der Waals surface area (Å²) < 4.78 is 5.49. The van der Waals surface area contributed by atoms with Crippen LogP contribution in [0.1, 0.15) is 42.7 Å². The molecule has 1 aromatic carbocycles. The Kier molecular flexibility index (Phi) is 2.49. The fourth-order valence-corrected chi connectivity index (χ4v) is 2.91. The predicted octanol–water partition coefficient (Wildman–Crippen LogP) is 2.53. The summed E-state index contributed by atoms with van der Waals surface area (Å²) in [5.74, 6) is 0.567. The third kappa shape index (κ3) is 1.57. The summed E-state index contributed by atoms with van der Waals surface area (Å²) in [5.41, 5.74) is 9.21. The van der Waals surface area contributed by atoms with E-state index in [9.17, 15) is 0 Å². The zero-order valence-electron chi connectivity index (χ0n) is 9.61. The molecule has 86 valence electrons. The number of benzene rings is 1. The van der Waals surface area contributed by atoms with Crippen LogP contribution in [0.15, 0.2) is 24.3 Å². The lowest BCUT2D eigenvalue weighted by Crippen LogP contribution is -2.44. The van der Waals surface area contributed by atoms with Gasteiger partial charge in [-0.15, -0.1) is 0 Å². The van der Waals surface area contributed by atoms with Gasteiger partial charge in [0.1, 0.15) is 0 Å². The molecule has 0 aromatic heterocycles. The van der Waals surface area contributed by atoms with Crippen molar-refractivity contribution in [1.29, 1.82) is 0 Å². The Morgan fingerprint density at radius 1 is 1.25 bits per heavy atom. The van der Waals surface area contributed by atoms with E-state index in [0.717, 1.165) is 32.5 Å². The smallest absolute Gasteiger partial charge is 0.0535 e. The molecule has 1 saturated heterocycles. The highest BCUT2D eigenvalue weighted by molar-refractivity contribution is 5.38. The first-order valence-corrected chi connectivity index (χ1v) is 6.26. The Morgan fingerprint density at radius 2 is 2.06 bits per heavy atom. The first kappa shape index (κ1) is 10.3. The average Bonchev–Trinajstić information content (AvgIpc) is 2.79. The number of hydrogen-bond donors (Lipinski definition) is 1. The second-order valence-electron chi connectivity index (χ2n) is 5.16. The van der Waals surface area contributed by atoms with E-state index < -0.39 is 0 Å². The maximum atomic E-state index is 6.45. The highest BCUT2D eigenvalue weighted by Crippen LogP contribution is 2.42. The summed E-state index contributed by atoms with van der Waals surface area (Å²) in [7, 11) is 0. The third-order valence-corrected chi connectivity index (χ3v) is 4.11. The molecule has 3 rings (SSSR count). The third-order valence-electron chi connectivity index (χ3n) is 4.11. The molecule has 1 heterocycles. The fourth-order valence-electron chi connectivity index (χ4n) is 2.91. The summed E-state index contributed by atoms with van der Waals surface area (Å²) in [4.78, 5) is 0. The van der Waals surface area contributed by atoms with Crippen LogP contribution in [-0.2, 0) is 10.3 Å². The highest BCUT2D eigenvalue weighted by atomic mass is 16.5. The van der Waals surface area contributed by atoms with Crippen molar-refractivity contribution >= 4 is 0 Å². The van der Waals surface area contributed by atoms with Crippen LogP contribution >= 0.6 is 0 Å². The topological polar surface area (TPSA) is 35.2 Å². The molecule has 2 aliphatic rings. The number of hydrogen-bond acceptors (Lipinski definition) is 2. The van der Waals surface area contributed by atoms with Gasteiger partial charge in [0.05, 0.1) is 6.61 Å². The van der Waals surface area contributed by atoms with Crippen LogP contribution in [0.25, 0.3) is 0 Å². The Morgan fingerprint density at radius 3 is 2.69 bits per heavy atom. The monoisotopic (exact) mass is 217 g/mol. The first-order valence-electron chi connectivity index (χ1n) is 6.26. The molecule has 0 bridgehead atoms. The largest absolute Gasteiger partial charge is 0.381 e. The van der Waals surface area contributed by atoms with E-state index in [1.165, 1.54) is 17.5 Å². The van der Waals surface area contributed by atoms with E-state index in [1.807, 2.05) is 0 Å². The van der Waals surface area contributed by atoms with Crippen molar-refractivity contribution in [1.82, 2.24) is 0 Å². The zero-order chi connectivity index (χ0) is 11.0. The maximum Gasteiger partial charge on any atom is 0.0535 e. The van der Waals surface area contributed by atoms with E-state index in [4.69, 9.17) is 10.5 Å². The Balaban J connectivity index is 1.97. The van der Waals surface area contributed by atoms with E-state index in [0.29, 0.717) is 5.92 Å². The van der Waals surface area contributed by atoms with Crippen molar-refractivity contribution in [2.75, 3.05) is 13.2 Å². The molecule has 2 heteroatoms. The maximum absolute atomic E-state index is 6.45. The molecule has 2 N–H and O–H groups in total. The van der Waals surface area contributed by atoms with Crippen LogP contribution in [0.5, 0.6) is 0 Å². The van der Waals surface area contributed by atoms with E-state index >= 15 is 0 Å². The van der Waals surface area contributed by atoms with Gasteiger partial charge in [0.25, 0.3) is 0 Å². The minimum atomic E-state index is -0.0425. The molecule has 1 saturated carbocycles. The standard InChI is InChI=1S/C14H19NO/c15-14(7-3-8-14)13-5-2-1-4-12(13)11-6-9-16-10-11/h1-2,4-5,11H,3,6-10,15H2. The lowest BCUT2D eigenvalue weighted by molar-refractivity contribution is 0.193. The second-order valence-corrected chi connectivity index (χ2v) is 5.16. The van der Waals surface area contributed by atoms with Gasteiger partial charge in [-0.3, -0.25) is 0 Å². The minimum absolute atomic E-state index is 0.0425. The number of ether oxygens (including phenoxy) is 1. The summed E-state index contributed by atoms with van der Waals surface area (Å²) >= 11 is 0. The molecular weight excluding hydrogens is 198 g/mol. The zero-order valence-corrected chi connectivity index (χ0v) is 9.61. The summed E-state index contributed by atoms with van der Waals surface area (Å²) in [5, 5.41) is 0. The molecular formula is C14H19NO. The molecule has 1 atom stereocenters. The Bertz CT molecular complexity index is 378. The van der Waals surface area contributed by atoms with E-state index in [1.54, 1.807) is 0 Å². The van der Waals surface area contributed by atoms with Crippen LogP contribution in [0.3, 0.4) is 0 Å². The van der Waals surface area contributed by atoms with Gasteiger partial charge >= 0.3 is 0 Å². The van der Waals surface area contributed by atoms with E-state index in [-0.39, 0.29) is 5.54 Å². The molecule has 0 radical (unpaired) electrons. The molecule has 16 heavy (non-hydrogen) atoms. The number of rotatable bonds is 2. The van der Waals surface area contributed by atoms with Crippen LogP contribution in [0.4, 0.5) is 0 Å². The van der Waals surface area contributed by atoms with Gasteiger partial charge in [0.15, 0.2) is 0 Å². The molecule has 0 spiro atoms. The fraction of sp³-hybridized carbons (Fsp3) is 0.571. The van der Waals surface area contributed by atoms with Gasteiger partial charge in [0.2, 0.25) is 0 Å². The van der Waals surface area contributed by atoms with Crippen LogP contribution in [0.2, 0.25) is 0 Å². The van der Waals surface area contributed by atoms with Gasteiger partial charge < -0.3 is 10.5 Å². The van der Waals surface area contributed by atoms with Crippen molar-refractivity contribution < 1.29 is 4.74 Å². The van der Waals surface area contributed by atoms with Crippen LogP contribution < -0.4 is 5.73 Å². The van der Waals surface area contributed by atoms with Gasteiger partial charge in [-0.25, -0.2) is 0 Å². The van der Waals surface area contributed by atoms with Gasteiger partial charge in [-0.05, 0) is 36.8 Å². The molecule has 2 nitrogen and oxygen atoms in total. The van der Waals surface area contributed by atoms with Crippen molar-refractivity contribution in [3.05, 3.63) is 35.4 Å². The molecule has 0 amide bonds. The molecule has 1 unspecified atom stereocenters. The quantitative estimate of drug-likeness (QED) is 0.826.